The van der Waals surface area contributed by atoms with Gasteiger partial charge in [-0.05, 0) is 25.7 Å². The summed E-state index contributed by atoms with van der Waals surface area (Å²) in [5.74, 6) is 3.99. The zero-order chi connectivity index (χ0) is 13.1. The van der Waals surface area contributed by atoms with Crippen LogP contribution in [0.4, 0.5) is 11.6 Å². The Kier molecular flexibility index (Phi) is 4.04. The van der Waals surface area contributed by atoms with Crippen molar-refractivity contribution in [3.8, 4) is 0 Å². The molecule has 2 rings (SSSR count). The van der Waals surface area contributed by atoms with Gasteiger partial charge in [0.1, 0.15) is 17.5 Å². The van der Waals surface area contributed by atoms with E-state index in [9.17, 15) is 0 Å². The van der Waals surface area contributed by atoms with Crippen LogP contribution in [0, 0.1) is 5.92 Å². The molecule has 0 aromatic carbocycles. The molecule has 0 amide bonds. The third kappa shape index (κ3) is 3.12. The normalized spacial score (nSPS) is 22.7. The van der Waals surface area contributed by atoms with Gasteiger partial charge in [0, 0.05) is 24.6 Å². The van der Waals surface area contributed by atoms with Crippen molar-refractivity contribution in [2.45, 2.75) is 52.5 Å². The summed E-state index contributed by atoms with van der Waals surface area (Å²) in [6.45, 7) is 9.51. The van der Waals surface area contributed by atoms with E-state index in [1.165, 1.54) is 12.8 Å². The fourth-order valence-corrected chi connectivity index (χ4v) is 2.30. The molecule has 0 radical (unpaired) electrons. The van der Waals surface area contributed by atoms with E-state index in [-0.39, 0.29) is 0 Å². The van der Waals surface area contributed by atoms with E-state index in [1.54, 1.807) is 0 Å². The second-order valence-electron chi connectivity index (χ2n) is 5.60. The zero-order valence-electron chi connectivity index (χ0n) is 11.8. The highest BCUT2D eigenvalue weighted by Crippen LogP contribution is 2.29. The minimum Gasteiger partial charge on any atom is -0.370 e. The van der Waals surface area contributed by atoms with Gasteiger partial charge in [-0.25, -0.2) is 9.97 Å². The van der Waals surface area contributed by atoms with E-state index >= 15 is 0 Å². The summed E-state index contributed by atoms with van der Waals surface area (Å²) in [5.41, 5.74) is 0. The first kappa shape index (κ1) is 13.1. The number of nitrogens with zero attached hydrogens (tertiary/aromatic N) is 2. The van der Waals surface area contributed by atoms with Crippen LogP contribution in [0.15, 0.2) is 6.07 Å². The second kappa shape index (κ2) is 5.55. The van der Waals surface area contributed by atoms with Crippen LogP contribution in [0.2, 0.25) is 0 Å². The van der Waals surface area contributed by atoms with Gasteiger partial charge in [-0.1, -0.05) is 20.8 Å². The number of anilines is 2. The molecule has 1 fully saturated rings. The lowest BCUT2D eigenvalue weighted by Gasteiger charge is -2.33. The Morgan fingerprint density at radius 3 is 2.50 bits per heavy atom. The minimum absolute atomic E-state index is 0.351. The molecule has 1 heterocycles. The van der Waals surface area contributed by atoms with Crippen molar-refractivity contribution in [1.29, 1.82) is 0 Å². The first-order valence-electron chi connectivity index (χ1n) is 6.97. The van der Waals surface area contributed by atoms with Gasteiger partial charge < -0.3 is 10.6 Å². The molecule has 0 unspecified atom stereocenters. The predicted molar refractivity (Wildman–Crippen MR) is 76.1 cm³/mol. The fraction of sp³-hybridized carbons (Fsp3) is 0.714. The maximum Gasteiger partial charge on any atom is 0.135 e. The van der Waals surface area contributed by atoms with Gasteiger partial charge in [-0.15, -0.1) is 0 Å². The van der Waals surface area contributed by atoms with Crippen LogP contribution in [0.5, 0.6) is 0 Å². The van der Waals surface area contributed by atoms with Crippen molar-refractivity contribution in [3.63, 3.8) is 0 Å². The third-order valence-corrected chi connectivity index (χ3v) is 3.34. The summed E-state index contributed by atoms with van der Waals surface area (Å²) in [7, 11) is 0. The maximum atomic E-state index is 4.60. The van der Waals surface area contributed by atoms with Gasteiger partial charge in [0.2, 0.25) is 0 Å². The van der Waals surface area contributed by atoms with Crippen LogP contribution in [0.1, 0.15) is 52.3 Å². The van der Waals surface area contributed by atoms with Crippen LogP contribution < -0.4 is 10.6 Å². The van der Waals surface area contributed by atoms with Crippen LogP contribution in [0.3, 0.4) is 0 Å². The number of hydrogen-bond donors (Lipinski definition) is 2. The molecule has 1 aliphatic carbocycles. The zero-order valence-corrected chi connectivity index (χ0v) is 11.8. The SMILES string of the molecule is CCNc1cc(NC2CC(C)C2)nc(C(C)C)n1. The number of aromatic nitrogens is 2. The molecule has 18 heavy (non-hydrogen) atoms. The van der Waals surface area contributed by atoms with Crippen molar-refractivity contribution in [2.75, 3.05) is 17.2 Å². The summed E-state index contributed by atoms with van der Waals surface area (Å²) in [5, 5.41) is 6.78. The number of rotatable bonds is 5. The van der Waals surface area contributed by atoms with Crippen molar-refractivity contribution in [1.82, 2.24) is 9.97 Å². The van der Waals surface area contributed by atoms with Gasteiger partial charge in [-0.3, -0.25) is 0 Å². The Labute approximate surface area is 110 Å². The molecule has 2 N–H and O–H groups in total. The molecule has 0 atom stereocenters. The number of nitrogens with one attached hydrogen (secondary N) is 2. The molecule has 100 valence electrons. The molecule has 0 spiro atoms. The fourth-order valence-electron chi connectivity index (χ4n) is 2.30. The number of hydrogen-bond acceptors (Lipinski definition) is 4. The lowest BCUT2D eigenvalue weighted by atomic mass is 9.82. The lowest BCUT2D eigenvalue weighted by molar-refractivity contribution is 0.308. The van der Waals surface area contributed by atoms with Gasteiger partial charge in [0.15, 0.2) is 0 Å². The Balaban J connectivity index is 2.12. The molecule has 0 saturated heterocycles. The summed E-state index contributed by atoms with van der Waals surface area (Å²) < 4.78 is 0. The summed E-state index contributed by atoms with van der Waals surface area (Å²) >= 11 is 0. The lowest BCUT2D eigenvalue weighted by Crippen LogP contribution is -2.34. The minimum atomic E-state index is 0.351. The van der Waals surface area contributed by atoms with E-state index in [0.29, 0.717) is 12.0 Å². The Morgan fingerprint density at radius 1 is 1.28 bits per heavy atom. The van der Waals surface area contributed by atoms with E-state index in [2.05, 4.69) is 48.3 Å². The average Bonchev–Trinajstić information content (AvgIpc) is 2.27. The molecule has 0 bridgehead atoms. The molecule has 1 aromatic heterocycles. The van der Waals surface area contributed by atoms with Crippen molar-refractivity contribution in [2.24, 2.45) is 5.92 Å². The smallest absolute Gasteiger partial charge is 0.135 e. The summed E-state index contributed by atoms with van der Waals surface area (Å²) in [6, 6.07) is 2.60. The molecule has 4 heteroatoms. The van der Waals surface area contributed by atoms with Crippen LogP contribution in [-0.2, 0) is 0 Å². The third-order valence-electron chi connectivity index (χ3n) is 3.34. The van der Waals surface area contributed by atoms with Gasteiger partial charge in [-0.2, -0.15) is 0 Å². The second-order valence-corrected chi connectivity index (χ2v) is 5.60. The highest BCUT2D eigenvalue weighted by Gasteiger charge is 2.25. The summed E-state index contributed by atoms with van der Waals surface area (Å²) in [6.07, 6.45) is 2.50. The van der Waals surface area contributed by atoms with E-state index in [0.717, 1.165) is 29.9 Å². The Morgan fingerprint density at radius 2 is 1.94 bits per heavy atom. The average molecular weight is 248 g/mol. The highest BCUT2D eigenvalue weighted by molar-refractivity contribution is 5.48. The molecule has 0 aliphatic heterocycles. The molecular formula is C14H24N4. The van der Waals surface area contributed by atoms with E-state index in [1.807, 2.05) is 6.07 Å². The molecule has 1 aromatic rings. The van der Waals surface area contributed by atoms with Gasteiger partial charge in [0.05, 0.1) is 0 Å². The Bertz CT molecular complexity index is 397. The van der Waals surface area contributed by atoms with Gasteiger partial charge in [0.25, 0.3) is 0 Å². The monoisotopic (exact) mass is 248 g/mol. The first-order chi connectivity index (χ1) is 8.58. The first-order valence-corrected chi connectivity index (χ1v) is 6.97. The van der Waals surface area contributed by atoms with Crippen molar-refractivity contribution in [3.05, 3.63) is 11.9 Å². The molecule has 1 saturated carbocycles. The predicted octanol–water partition coefficient (Wildman–Crippen LogP) is 3.24. The van der Waals surface area contributed by atoms with Crippen molar-refractivity contribution >= 4 is 11.6 Å². The summed E-state index contributed by atoms with van der Waals surface area (Å²) in [4.78, 5) is 9.13. The Hall–Kier alpha value is -1.32. The highest BCUT2D eigenvalue weighted by atomic mass is 15.1. The van der Waals surface area contributed by atoms with Crippen LogP contribution in [-0.4, -0.2) is 22.6 Å². The molecule has 4 nitrogen and oxygen atoms in total. The van der Waals surface area contributed by atoms with Gasteiger partial charge >= 0.3 is 0 Å². The quantitative estimate of drug-likeness (QED) is 0.840. The molecule has 1 aliphatic rings. The molecular weight excluding hydrogens is 224 g/mol. The standard InChI is InChI=1S/C14H24N4/c1-5-15-12-8-13(16-11-6-10(4)7-11)18-14(17-12)9(2)3/h8-11H,5-7H2,1-4H3,(H2,15,16,17,18). The van der Waals surface area contributed by atoms with Crippen LogP contribution in [0.25, 0.3) is 0 Å². The topological polar surface area (TPSA) is 49.8 Å². The van der Waals surface area contributed by atoms with E-state index < -0.39 is 0 Å². The maximum absolute atomic E-state index is 4.60. The largest absolute Gasteiger partial charge is 0.370 e. The van der Waals surface area contributed by atoms with Crippen molar-refractivity contribution < 1.29 is 0 Å². The van der Waals surface area contributed by atoms with E-state index in [4.69, 9.17) is 0 Å². The van der Waals surface area contributed by atoms with Crippen LogP contribution >= 0.6 is 0 Å².